The Balaban J connectivity index is 1.87. The third kappa shape index (κ3) is 4.17. The molecule has 118 valence electrons. The van der Waals surface area contributed by atoms with Gasteiger partial charge in [0.2, 0.25) is 0 Å². The maximum absolute atomic E-state index is 10.2. The summed E-state index contributed by atoms with van der Waals surface area (Å²) in [5, 5.41) is 10.2. The third-order valence-electron chi connectivity index (χ3n) is 4.79. The van der Waals surface area contributed by atoms with Crippen molar-refractivity contribution >= 4 is 0 Å². The Morgan fingerprint density at radius 1 is 0.950 bits per heavy atom. The van der Waals surface area contributed by atoms with Gasteiger partial charge in [0.05, 0.1) is 18.3 Å². The number of ether oxygens (including phenoxy) is 1. The number of hydrogen-bond acceptors (Lipinski definition) is 4. The molecule has 0 aromatic heterocycles. The van der Waals surface area contributed by atoms with Gasteiger partial charge in [-0.1, -0.05) is 0 Å². The molecule has 2 aliphatic rings. The van der Waals surface area contributed by atoms with Crippen LogP contribution in [-0.4, -0.2) is 71.5 Å². The van der Waals surface area contributed by atoms with Crippen molar-refractivity contribution in [3.8, 4) is 0 Å². The zero-order valence-electron chi connectivity index (χ0n) is 13.6. The Morgan fingerprint density at radius 2 is 1.60 bits per heavy atom. The predicted octanol–water partition coefficient (Wildman–Crippen LogP) is 1.72. The molecule has 2 fully saturated rings. The molecule has 2 rings (SSSR count). The van der Waals surface area contributed by atoms with E-state index in [0.717, 1.165) is 32.5 Å². The van der Waals surface area contributed by atoms with E-state index in [2.05, 4.69) is 37.5 Å². The molecule has 0 radical (unpaired) electrons. The lowest BCUT2D eigenvalue weighted by atomic mass is 10.0. The van der Waals surface area contributed by atoms with Crippen LogP contribution >= 0.6 is 0 Å². The van der Waals surface area contributed by atoms with E-state index in [9.17, 15) is 5.11 Å². The van der Waals surface area contributed by atoms with Gasteiger partial charge >= 0.3 is 0 Å². The Bertz CT molecular complexity index is 296. The van der Waals surface area contributed by atoms with Gasteiger partial charge in [0.25, 0.3) is 0 Å². The molecule has 4 nitrogen and oxygen atoms in total. The number of hydrogen-bond donors (Lipinski definition) is 1. The smallest absolute Gasteiger partial charge is 0.0965 e. The van der Waals surface area contributed by atoms with Gasteiger partial charge in [-0.05, 0) is 53.5 Å². The van der Waals surface area contributed by atoms with Crippen LogP contribution in [0.25, 0.3) is 0 Å². The molecule has 1 N–H and O–H groups in total. The minimum atomic E-state index is -0.292. The van der Waals surface area contributed by atoms with Crippen molar-refractivity contribution in [2.24, 2.45) is 0 Å². The van der Waals surface area contributed by atoms with Crippen LogP contribution in [0, 0.1) is 0 Å². The van der Waals surface area contributed by atoms with Crippen molar-refractivity contribution in [1.29, 1.82) is 0 Å². The molecule has 0 amide bonds. The number of piperidine rings is 2. The number of likely N-dealkylation sites (tertiary alicyclic amines) is 2. The Kier molecular flexibility index (Phi) is 5.84. The maximum atomic E-state index is 10.2. The summed E-state index contributed by atoms with van der Waals surface area (Å²) < 4.78 is 6.27. The highest BCUT2D eigenvalue weighted by molar-refractivity contribution is 4.85. The van der Waals surface area contributed by atoms with Gasteiger partial charge in [0, 0.05) is 31.7 Å². The molecule has 20 heavy (non-hydrogen) atoms. The van der Waals surface area contributed by atoms with Crippen molar-refractivity contribution in [1.82, 2.24) is 9.80 Å². The molecule has 0 spiro atoms. The van der Waals surface area contributed by atoms with Gasteiger partial charge < -0.3 is 9.84 Å². The van der Waals surface area contributed by atoms with Gasteiger partial charge in [-0.3, -0.25) is 9.80 Å². The molecule has 0 aromatic carbocycles. The second-order valence-electron chi connectivity index (χ2n) is 6.97. The molecule has 0 saturated carbocycles. The summed E-state index contributed by atoms with van der Waals surface area (Å²) in [6, 6.07) is 1.12. The van der Waals surface area contributed by atoms with Gasteiger partial charge in [-0.2, -0.15) is 0 Å². The number of aliphatic hydroxyl groups is 1. The zero-order chi connectivity index (χ0) is 14.7. The van der Waals surface area contributed by atoms with E-state index in [1.807, 2.05) is 0 Å². The average Bonchev–Trinajstić information content (AvgIpc) is 2.41. The molecule has 2 aliphatic heterocycles. The fourth-order valence-corrected chi connectivity index (χ4v) is 3.32. The first-order chi connectivity index (χ1) is 9.47. The largest absolute Gasteiger partial charge is 0.390 e. The van der Waals surface area contributed by atoms with Crippen LogP contribution in [0.3, 0.4) is 0 Å². The number of nitrogens with zero attached hydrogens (tertiary/aromatic N) is 2. The van der Waals surface area contributed by atoms with E-state index in [0.29, 0.717) is 12.1 Å². The quantitative estimate of drug-likeness (QED) is 0.853. The minimum Gasteiger partial charge on any atom is -0.390 e. The number of rotatable bonds is 4. The summed E-state index contributed by atoms with van der Waals surface area (Å²) in [5.41, 5.74) is 0. The summed E-state index contributed by atoms with van der Waals surface area (Å²) in [4.78, 5) is 4.91. The van der Waals surface area contributed by atoms with Gasteiger partial charge in [-0.15, -0.1) is 0 Å². The van der Waals surface area contributed by atoms with Crippen LogP contribution < -0.4 is 0 Å². The van der Waals surface area contributed by atoms with Crippen LogP contribution in [-0.2, 0) is 4.74 Å². The van der Waals surface area contributed by atoms with E-state index >= 15 is 0 Å². The third-order valence-corrected chi connectivity index (χ3v) is 4.79. The highest BCUT2D eigenvalue weighted by atomic mass is 16.5. The Labute approximate surface area is 124 Å². The Hall–Kier alpha value is -0.160. The summed E-state index contributed by atoms with van der Waals surface area (Å²) in [6.07, 6.45) is 3.16. The van der Waals surface area contributed by atoms with E-state index in [-0.39, 0.29) is 18.3 Å². The molecule has 4 heteroatoms. The summed E-state index contributed by atoms with van der Waals surface area (Å²) in [5.74, 6) is 0. The molecule has 2 heterocycles. The lowest BCUT2D eigenvalue weighted by Crippen LogP contribution is -2.53. The maximum Gasteiger partial charge on any atom is 0.0965 e. The van der Waals surface area contributed by atoms with Crippen molar-refractivity contribution in [2.45, 2.75) is 77.4 Å². The SMILES string of the molecule is CC(C)N1CCC(O)C(O[C@H]2CCCN(C(C)C)C2)C1. The second kappa shape index (κ2) is 7.21. The summed E-state index contributed by atoms with van der Waals surface area (Å²) in [6.45, 7) is 13.0. The molecule has 2 saturated heterocycles. The van der Waals surface area contributed by atoms with Crippen LogP contribution in [0.5, 0.6) is 0 Å². The molecule has 0 aliphatic carbocycles. The van der Waals surface area contributed by atoms with Gasteiger partial charge in [0.1, 0.15) is 0 Å². The lowest BCUT2D eigenvalue weighted by molar-refractivity contribution is -0.129. The highest BCUT2D eigenvalue weighted by Gasteiger charge is 2.33. The van der Waals surface area contributed by atoms with Crippen molar-refractivity contribution in [3.05, 3.63) is 0 Å². The predicted molar refractivity (Wildman–Crippen MR) is 81.9 cm³/mol. The topological polar surface area (TPSA) is 35.9 Å². The second-order valence-corrected chi connectivity index (χ2v) is 6.97. The first-order valence-corrected chi connectivity index (χ1v) is 8.29. The van der Waals surface area contributed by atoms with Gasteiger partial charge in [0.15, 0.2) is 0 Å². The molecule has 0 aromatic rings. The van der Waals surface area contributed by atoms with Crippen LogP contribution in [0.15, 0.2) is 0 Å². The van der Waals surface area contributed by atoms with Gasteiger partial charge in [-0.25, -0.2) is 0 Å². The highest BCUT2D eigenvalue weighted by Crippen LogP contribution is 2.22. The summed E-state index contributed by atoms with van der Waals surface area (Å²) in [7, 11) is 0. The minimum absolute atomic E-state index is 0.0109. The normalized spacial score (nSPS) is 34.0. The van der Waals surface area contributed by atoms with Crippen LogP contribution in [0.1, 0.15) is 47.0 Å². The van der Waals surface area contributed by atoms with E-state index in [1.165, 1.54) is 13.0 Å². The van der Waals surface area contributed by atoms with Crippen LogP contribution in [0.2, 0.25) is 0 Å². The molecular weight excluding hydrogens is 252 g/mol. The van der Waals surface area contributed by atoms with Crippen molar-refractivity contribution < 1.29 is 9.84 Å². The molecule has 2 unspecified atom stereocenters. The molecular formula is C16H32N2O2. The Morgan fingerprint density at radius 3 is 2.25 bits per heavy atom. The standard InChI is InChI=1S/C16H32N2O2/c1-12(2)17-8-5-6-14(10-17)20-16-11-18(13(3)4)9-7-15(16)19/h12-16,19H,5-11H2,1-4H3/t14-,15?,16?/m0/s1. The fraction of sp³-hybridized carbons (Fsp3) is 1.00. The first-order valence-electron chi connectivity index (χ1n) is 8.29. The lowest BCUT2D eigenvalue weighted by Gasteiger charge is -2.42. The molecule has 3 atom stereocenters. The van der Waals surface area contributed by atoms with Crippen molar-refractivity contribution in [3.63, 3.8) is 0 Å². The van der Waals surface area contributed by atoms with E-state index in [1.54, 1.807) is 0 Å². The monoisotopic (exact) mass is 284 g/mol. The average molecular weight is 284 g/mol. The van der Waals surface area contributed by atoms with E-state index < -0.39 is 0 Å². The van der Waals surface area contributed by atoms with Crippen LogP contribution in [0.4, 0.5) is 0 Å². The number of aliphatic hydroxyl groups excluding tert-OH is 1. The van der Waals surface area contributed by atoms with Crippen molar-refractivity contribution in [2.75, 3.05) is 26.2 Å². The first kappa shape index (κ1) is 16.2. The summed E-state index contributed by atoms with van der Waals surface area (Å²) >= 11 is 0. The fourth-order valence-electron chi connectivity index (χ4n) is 3.32. The molecule has 0 bridgehead atoms. The zero-order valence-corrected chi connectivity index (χ0v) is 13.6. The van der Waals surface area contributed by atoms with E-state index in [4.69, 9.17) is 4.74 Å².